The maximum atomic E-state index is 12.9. The lowest BCUT2D eigenvalue weighted by Crippen LogP contribution is -2.55. The normalized spacial score (nSPS) is 19.4. The first-order chi connectivity index (χ1) is 19.9. The van der Waals surface area contributed by atoms with E-state index in [2.05, 4.69) is 45.1 Å². The number of nitrogens with zero attached hydrogens (tertiary/aromatic N) is 1. The first kappa shape index (κ1) is 28.4. The van der Waals surface area contributed by atoms with Crippen LogP contribution in [0.15, 0.2) is 66.7 Å². The number of ether oxygens (including phenoxy) is 3. The van der Waals surface area contributed by atoms with Crippen molar-refractivity contribution in [1.29, 1.82) is 0 Å². The first-order valence-electron chi connectivity index (χ1n) is 14.2. The quantitative estimate of drug-likeness (QED) is 0.310. The summed E-state index contributed by atoms with van der Waals surface area (Å²) in [6.07, 6.45) is 6.68. The monoisotopic (exact) mass is 556 g/mol. The van der Waals surface area contributed by atoms with Crippen LogP contribution in [-0.4, -0.2) is 57.6 Å². The highest BCUT2D eigenvalue weighted by atomic mass is 16.5. The SMILES string of the molecule is COc1ccccc1CCC1c2cc(OC)c(OC)cc2CCN1CCNC(=O)NC1(C)C=Cc2ccccc2N1. The summed E-state index contributed by atoms with van der Waals surface area (Å²) in [6.45, 7) is 4.09. The minimum atomic E-state index is -0.671. The number of methoxy groups -OCH3 is 3. The number of hydrogen-bond donors (Lipinski definition) is 3. The van der Waals surface area contributed by atoms with E-state index < -0.39 is 5.66 Å². The van der Waals surface area contributed by atoms with Crippen molar-refractivity contribution in [1.82, 2.24) is 15.5 Å². The predicted molar refractivity (Wildman–Crippen MR) is 163 cm³/mol. The predicted octanol–water partition coefficient (Wildman–Crippen LogP) is 5.40. The number of para-hydroxylation sites is 2. The van der Waals surface area contributed by atoms with Crippen LogP contribution in [0.4, 0.5) is 10.5 Å². The molecule has 3 aromatic carbocycles. The molecular formula is C33H40N4O4. The van der Waals surface area contributed by atoms with Crippen LogP contribution in [0.3, 0.4) is 0 Å². The van der Waals surface area contributed by atoms with E-state index >= 15 is 0 Å². The Labute approximate surface area is 242 Å². The van der Waals surface area contributed by atoms with Crippen molar-refractivity contribution >= 4 is 17.8 Å². The van der Waals surface area contributed by atoms with Gasteiger partial charge in [0.25, 0.3) is 0 Å². The van der Waals surface area contributed by atoms with Crippen molar-refractivity contribution in [3.8, 4) is 17.2 Å². The molecule has 8 nitrogen and oxygen atoms in total. The number of carbonyl (C=O) groups excluding carboxylic acids is 1. The van der Waals surface area contributed by atoms with E-state index in [1.165, 1.54) is 16.7 Å². The molecule has 0 aromatic heterocycles. The number of hydrogen-bond acceptors (Lipinski definition) is 6. The average Bonchev–Trinajstić information content (AvgIpc) is 2.99. The molecule has 0 spiro atoms. The molecule has 0 radical (unpaired) electrons. The highest BCUT2D eigenvalue weighted by molar-refractivity contribution is 5.79. The van der Waals surface area contributed by atoms with Gasteiger partial charge in [0.1, 0.15) is 11.4 Å². The lowest BCUT2D eigenvalue weighted by molar-refractivity contribution is 0.174. The summed E-state index contributed by atoms with van der Waals surface area (Å²) >= 11 is 0. The second kappa shape index (κ2) is 12.6. The maximum absolute atomic E-state index is 12.9. The minimum absolute atomic E-state index is 0.158. The summed E-state index contributed by atoms with van der Waals surface area (Å²) in [5.74, 6) is 2.39. The Hall–Kier alpha value is -4.17. The summed E-state index contributed by atoms with van der Waals surface area (Å²) in [5.41, 5.74) is 5.13. The Kier molecular flexibility index (Phi) is 8.69. The number of urea groups is 1. The maximum Gasteiger partial charge on any atom is 0.316 e. The van der Waals surface area contributed by atoms with E-state index in [1.54, 1.807) is 21.3 Å². The summed E-state index contributed by atoms with van der Waals surface area (Å²) < 4.78 is 16.9. The van der Waals surface area contributed by atoms with Crippen molar-refractivity contribution in [2.24, 2.45) is 0 Å². The van der Waals surface area contributed by atoms with Crippen LogP contribution in [0, 0.1) is 0 Å². The molecule has 3 aromatic rings. The summed E-state index contributed by atoms with van der Waals surface area (Å²) in [7, 11) is 5.06. The number of rotatable bonds is 10. The van der Waals surface area contributed by atoms with E-state index in [-0.39, 0.29) is 12.1 Å². The van der Waals surface area contributed by atoms with E-state index in [0.29, 0.717) is 6.54 Å². The van der Waals surface area contributed by atoms with E-state index in [0.717, 1.165) is 60.9 Å². The molecule has 2 aliphatic rings. The molecular weight excluding hydrogens is 516 g/mol. The number of fused-ring (bicyclic) bond motifs is 2. The van der Waals surface area contributed by atoms with Crippen LogP contribution in [0.2, 0.25) is 0 Å². The topological polar surface area (TPSA) is 84.1 Å². The molecule has 5 rings (SSSR count). The largest absolute Gasteiger partial charge is 0.496 e. The third kappa shape index (κ3) is 6.43. The smallest absolute Gasteiger partial charge is 0.316 e. The Bertz CT molecular complexity index is 1410. The van der Waals surface area contributed by atoms with Gasteiger partial charge in [0.15, 0.2) is 11.5 Å². The first-order valence-corrected chi connectivity index (χ1v) is 14.2. The highest BCUT2D eigenvalue weighted by Gasteiger charge is 2.30. The summed E-state index contributed by atoms with van der Waals surface area (Å²) in [4.78, 5) is 15.4. The lowest BCUT2D eigenvalue weighted by Gasteiger charge is -2.38. The second-order valence-electron chi connectivity index (χ2n) is 10.7. The average molecular weight is 557 g/mol. The molecule has 2 amide bonds. The van der Waals surface area contributed by atoms with Gasteiger partial charge in [0.05, 0.1) is 21.3 Å². The van der Waals surface area contributed by atoms with Crippen molar-refractivity contribution < 1.29 is 19.0 Å². The van der Waals surface area contributed by atoms with E-state index in [9.17, 15) is 4.79 Å². The van der Waals surface area contributed by atoms with Gasteiger partial charge in [0, 0.05) is 31.4 Å². The molecule has 0 saturated carbocycles. The van der Waals surface area contributed by atoms with Crippen LogP contribution in [0.5, 0.6) is 17.2 Å². The molecule has 216 valence electrons. The fourth-order valence-corrected chi connectivity index (χ4v) is 5.89. The van der Waals surface area contributed by atoms with Gasteiger partial charge >= 0.3 is 6.03 Å². The van der Waals surface area contributed by atoms with Crippen LogP contribution in [0.25, 0.3) is 6.08 Å². The minimum Gasteiger partial charge on any atom is -0.496 e. The third-order valence-corrected chi connectivity index (χ3v) is 8.00. The fraction of sp³-hybridized carbons (Fsp3) is 0.364. The van der Waals surface area contributed by atoms with Crippen molar-refractivity contribution in [3.05, 3.63) is 89.0 Å². The molecule has 41 heavy (non-hydrogen) atoms. The van der Waals surface area contributed by atoms with E-state index in [4.69, 9.17) is 14.2 Å². The summed E-state index contributed by atoms with van der Waals surface area (Å²) in [5, 5.41) is 9.57. The number of aryl methyl sites for hydroxylation is 1. The van der Waals surface area contributed by atoms with Gasteiger partial charge in [-0.1, -0.05) is 42.5 Å². The van der Waals surface area contributed by atoms with Gasteiger partial charge in [-0.25, -0.2) is 4.79 Å². The van der Waals surface area contributed by atoms with Crippen LogP contribution in [0.1, 0.15) is 41.6 Å². The Morgan fingerprint density at radius 3 is 2.54 bits per heavy atom. The molecule has 8 heteroatoms. The van der Waals surface area contributed by atoms with Crippen LogP contribution in [-0.2, 0) is 12.8 Å². The summed E-state index contributed by atoms with van der Waals surface area (Å²) in [6, 6.07) is 20.4. The number of anilines is 1. The van der Waals surface area contributed by atoms with Crippen LogP contribution < -0.4 is 30.2 Å². The van der Waals surface area contributed by atoms with E-state index in [1.807, 2.05) is 55.5 Å². The molecule has 3 N–H and O–H groups in total. The zero-order valence-electron chi connectivity index (χ0n) is 24.3. The van der Waals surface area contributed by atoms with Crippen LogP contribution >= 0.6 is 0 Å². The van der Waals surface area contributed by atoms with Gasteiger partial charge in [-0.05, 0) is 78.8 Å². The number of benzene rings is 3. The zero-order chi connectivity index (χ0) is 28.8. The Morgan fingerprint density at radius 1 is 1.00 bits per heavy atom. The molecule has 0 fully saturated rings. The van der Waals surface area contributed by atoms with Crippen molar-refractivity contribution in [2.75, 3.05) is 46.3 Å². The number of amides is 2. The molecule has 2 heterocycles. The second-order valence-corrected chi connectivity index (χ2v) is 10.7. The van der Waals surface area contributed by atoms with Gasteiger partial charge in [0.2, 0.25) is 0 Å². The highest BCUT2D eigenvalue weighted by Crippen LogP contribution is 2.40. The van der Waals surface area contributed by atoms with Crippen molar-refractivity contribution in [3.63, 3.8) is 0 Å². The standard InChI is InChI=1S/C33H40N4O4/c1-33(17-15-23-9-5-7-11-27(23)35-33)36-32(38)34-18-20-37-19-16-25-21-30(40-3)31(41-4)22-26(25)28(37)14-13-24-10-6-8-12-29(24)39-2/h5-12,15,17,21-22,28,35H,13-14,16,18-20H2,1-4H3,(H2,34,36,38). The fourth-order valence-electron chi connectivity index (χ4n) is 5.89. The Balaban J connectivity index is 1.26. The molecule has 0 aliphatic carbocycles. The molecule has 2 aliphatic heterocycles. The lowest BCUT2D eigenvalue weighted by atomic mass is 9.88. The molecule has 0 bridgehead atoms. The number of carbonyl (C=O) groups is 1. The molecule has 2 atom stereocenters. The zero-order valence-corrected chi connectivity index (χ0v) is 24.3. The van der Waals surface area contributed by atoms with Gasteiger partial charge in [-0.3, -0.25) is 4.90 Å². The third-order valence-electron chi connectivity index (χ3n) is 8.00. The Morgan fingerprint density at radius 2 is 1.73 bits per heavy atom. The van der Waals surface area contributed by atoms with Gasteiger partial charge in [-0.15, -0.1) is 0 Å². The van der Waals surface area contributed by atoms with Crippen molar-refractivity contribution in [2.45, 2.75) is 37.9 Å². The molecule has 0 saturated heterocycles. The van der Waals surface area contributed by atoms with Gasteiger partial charge < -0.3 is 30.2 Å². The molecule has 2 unspecified atom stereocenters. The number of nitrogens with one attached hydrogen (secondary N) is 3. The van der Waals surface area contributed by atoms with Gasteiger partial charge in [-0.2, -0.15) is 0 Å².